The first-order chi connectivity index (χ1) is 12.7. The molecule has 3 aromatic carbocycles. The van der Waals surface area contributed by atoms with Crippen LogP contribution >= 0.6 is 0 Å². The van der Waals surface area contributed by atoms with E-state index in [-0.39, 0.29) is 18.3 Å². The van der Waals surface area contributed by atoms with Crippen molar-refractivity contribution in [3.8, 4) is 5.75 Å². The van der Waals surface area contributed by atoms with Gasteiger partial charge in [0, 0.05) is 11.1 Å². The van der Waals surface area contributed by atoms with Crippen LogP contribution in [0.2, 0.25) is 0 Å². The van der Waals surface area contributed by atoms with Gasteiger partial charge in [-0.05, 0) is 48.0 Å². The van der Waals surface area contributed by atoms with Gasteiger partial charge < -0.3 is 4.74 Å². The number of nitrogens with zero attached hydrogens (tertiary/aromatic N) is 1. The van der Waals surface area contributed by atoms with Gasteiger partial charge in [0.25, 0.3) is 5.91 Å². The zero-order chi connectivity index (χ0) is 18.2. The Morgan fingerprint density at radius 2 is 1.65 bits per heavy atom. The number of rotatable bonds is 6. The Morgan fingerprint density at radius 1 is 0.962 bits per heavy atom. The molecule has 5 heteroatoms. The number of benzene rings is 3. The Hall–Kier alpha value is -3.47. The summed E-state index contributed by atoms with van der Waals surface area (Å²) in [5, 5.41) is 3.94. The fourth-order valence-electron chi connectivity index (χ4n) is 2.25. The summed E-state index contributed by atoms with van der Waals surface area (Å²) in [6, 6.07) is 22.5. The van der Waals surface area contributed by atoms with Crippen LogP contribution in [0.5, 0.6) is 5.75 Å². The summed E-state index contributed by atoms with van der Waals surface area (Å²) in [6.45, 7) is 0.160. The Bertz CT molecular complexity index is 893. The molecule has 0 saturated carbocycles. The van der Waals surface area contributed by atoms with E-state index in [1.54, 1.807) is 72.9 Å². The van der Waals surface area contributed by atoms with E-state index in [1.807, 2.05) is 6.07 Å². The maximum absolute atomic E-state index is 13.6. The second-order valence-electron chi connectivity index (χ2n) is 5.51. The van der Waals surface area contributed by atoms with Crippen LogP contribution in [0.15, 0.2) is 84.0 Å². The van der Waals surface area contributed by atoms with E-state index in [9.17, 15) is 9.18 Å². The van der Waals surface area contributed by atoms with E-state index in [4.69, 9.17) is 4.74 Å². The summed E-state index contributed by atoms with van der Waals surface area (Å²) in [5.74, 6) is 0.0656. The van der Waals surface area contributed by atoms with Gasteiger partial charge in [-0.15, -0.1) is 0 Å². The van der Waals surface area contributed by atoms with Crippen molar-refractivity contribution in [2.45, 2.75) is 6.61 Å². The third-order valence-electron chi connectivity index (χ3n) is 3.65. The lowest BCUT2D eigenvalue weighted by Crippen LogP contribution is -2.17. The molecule has 4 nitrogen and oxygen atoms in total. The highest BCUT2D eigenvalue weighted by Gasteiger charge is 2.03. The van der Waals surface area contributed by atoms with Crippen molar-refractivity contribution in [3.63, 3.8) is 0 Å². The van der Waals surface area contributed by atoms with Gasteiger partial charge in [0.1, 0.15) is 18.2 Å². The molecule has 3 aromatic rings. The molecular formula is C21H17FN2O2. The number of hydrogen-bond acceptors (Lipinski definition) is 3. The third-order valence-corrected chi connectivity index (χ3v) is 3.65. The highest BCUT2D eigenvalue weighted by Crippen LogP contribution is 2.15. The SMILES string of the molecule is O=C(N/N=C\c1ccc(OCc2ccccc2F)cc1)c1ccccc1. The van der Waals surface area contributed by atoms with Crippen LogP contribution in [0.1, 0.15) is 21.5 Å². The first-order valence-electron chi connectivity index (χ1n) is 8.07. The first kappa shape index (κ1) is 17.4. The molecule has 0 radical (unpaired) electrons. The van der Waals surface area contributed by atoms with E-state index < -0.39 is 0 Å². The summed E-state index contributed by atoms with van der Waals surface area (Å²) >= 11 is 0. The Balaban J connectivity index is 1.53. The van der Waals surface area contributed by atoms with E-state index in [2.05, 4.69) is 10.5 Å². The van der Waals surface area contributed by atoms with Gasteiger partial charge in [-0.1, -0.05) is 36.4 Å². The summed E-state index contributed by atoms with van der Waals surface area (Å²) in [6.07, 6.45) is 1.54. The Kier molecular flexibility index (Phi) is 5.72. The molecule has 0 saturated heterocycles. The second kappa shape index (κ2) is 8.58. The van der Waals surface area contributed by atoms with Crippen molar-refractivity contribution in [2.24, 2.45) is 5.10 Å². The number of hydrazone groups is 1. The molecule has 1 N–H and O–H groups in total. The number of amides is 1. The van der Waals surface area contributed by atoms with Gasteiger partial charge in [-0.25, -0.2) is 9.82 Å². The molecule has 0 spiro atoms. The molecular weight excluding hydrogens is 331 g/mol. The summed E-state index contributed by atoms with van der Waals surface area (Å²) < 4.78 is 19.1. The van der Waals surface area contributed by atoms with Crippen molar-refractivity contribution < 1.29 is 13.9 Å². The first-order valence-corrected chi connectivity index (χ1v) is 8.07. The number of ether oxygens (including phenoxy) is 1. The molecule has 0 atom stereocenters. The number of halogens is 1. The predicted octanol–water partition coefficient (Wildman–Crippen LogP) is 4.17. The van der Waals surface area contributed by atoms with E-state index in [1.165, 1.54) is 6.07 Å². The van der Waals surface area contributed by atoms with Crippen LogP contribution < -0.4 is 10.2 Å². The second-order valence-corrected chi connectivity index (χ2v) is 5.51. The lowest BCUT2D eigenvalue weighted by Gasteiger charge is -2.07. The van der Waals surface area contributed by atoms with E-state index in [0.717, 1.165) is 5.56 Å². The lowest BCUT2D eigenvalue weighted by atomic mass is 10.2. The average molecular weight is 348 g/mol. The number of hydrogen-bond donors (Lipinski definition) is 1. The molecule has 0 aliphatic carbocycles. The zero-order valence-corrected chi connectivity index (χ0v) is 13.9. The molecule has 3 rings (SSSR count). The predicted molar refractivity (Wildman–Crippen MR) is 98.7 cm³/mol. The number of nitrogens with one attached hydrogen (secondary N) is 1. The van der Waals surface area contributed by atoms with Crippen LogP contribution in [0.25, 0.3) is 0 Å². The largest absolute Gasteiger partial charge is 0.489 e. The number of carbonyl (C=O) groups is 1. The van der Waals surface area contributed by atoms with Crippen molar-refractivity contribution in [3.05, 3.63) is 101 Å². The molecule has 0 fully saturated rings. The van der Waals surface area contributed by atoms with Gasteiger partial charge in [0.15, 0.2) is 0 Å². The van der Waals surface area contributed by atoms with Crippen LogP contribution in [0, 0.1) is 5.82 Å². The van der Waals surface area contributed by atoms with Crippen LogP contribution in [0.4, 0.5) is 4.39 Å². The minimum atomic E-state index is -0.287. The van der Waals surface area contributed by atoms with E-state index in [0.29, 0.717) is 16.9 Å². The van der Waals surface area contributed by atoms with E-state index >= 15 is 0 Å². The minimum absolute atomic E-state index is 0.160. The fourth-order valence-corrected chi connectivity index (χ4v) is 2.25. The quantitative estimate of drug-likeness (QED) is 0.537. The normalized spacial score (nSPS) is 10.7. The van der Waals surface area contributed by atoms with Crippen molar-refractivity contribution in [2.75, 3.05) is 0 Å². The highest BCUT2D eigenvalue weighted by atomic mass is 19.1. The highest BCUT2D eigenvalue weighted by molar-refractivity contribution is 5.94. The summed E-state index contributed by atoms with van der Waals surface area (Å²) in [5.41, 5.74) is 4.32. The maximum Gasteiger partial charge on any atom is 0.271 e. The third kappa shape index (κ3) is 4.77. The molecule has 130 valence electrons. The zero-order valence-electron chi connectivity index (χ0n) is 13.9. The number of carbonyl (C=O) groups excluding carboxylic acids is 1. The minimum Gasteiger partial charge on any atom is -0.489 e. The Labute approximate surface area is 150 Å². The Morgan fingerprint density at radius 3 is 2.38 bits per heavy atom. The monoisotopic (exact) mass is 348 g/mol. The van der Waals surface area contributed by atoms with Gasteiger partial charge in [-0.2, -0.15) is 5.10 Å². The van der Waals surface area contributed by atoms with Gasteiger partial charge in [-0.3, -0.25) is 4.79 Å². The molecule has 0 unspecified atom stereocenters. The van der Waals surface area contributed by atoms with Crippen molar-refractivity contribution >= 4 is 12.1 Å². The average Bonchev–Trinajstić information content (AvgIpc) is 2.69. The van der Waals surface area contributed by atoms with Gasteiger partial charge >= 0.3 is 0 Å². The molecule has 1 amide bonds. The topological polar surface area (TPSA) is 50.7 Å². The van der Waals surface area contributed by atoms with Crippen LogP contribution in [-0.4, -0.2) is 12.1 Å². The molecule has 0 bridgehead atoms. The fraction of sp³-hybridized carbons (Fsp3) is 0.0476. The van der Waals surface area contributed by atoms with Gasteiger partial charge in [0.2, 0.25) is 0 Å². The summed E-state index contributed by atoms with van der Waals surface area (Å²) in [4.78, 5) is 11.9. The molecule has 26 heavy (non-hydrogen) atoms. The van der Waals surface area contributed by atoms with Gasteiger partial charge in [0.05, 0.1) is 6.21 Å². The smallest absolute Gasteiger partial charge is 0.271 e. The van der Waals surface area contributed by atoms with Crippen molar-refractivity contribution in [1.82, 2.24) is 5.43 Å². The maximum atomic E-state index is 13.6. The van der Waals surface area contributed by atoms with Crippen LogP contribution in [0.3, 0.4) is 0 Å². The van der Waals surface area contributed by atoms with Crippen molar-refractivity contribution in [1.29, 1.82) is 0 Å². The molecule has 0 aliphatic heterocycles. The molecule has 0 heterocycles. The molecule has 0 aromatic heterocycles. The summed E-state index contributed by atoms with van der Waals surface area (Å²) in [7, 11) is 0. The molecule has 0 aliphatic rings. The van der Waals surface area contributed by atoms with Crippen LogP contribution in [-0.2, 0) is 6.61 Å². The lowest BCUT2D eigenvalue weighted by molar-refractivity contribution is 0.0955. The standard InChI is InChI=1S/C21H17FN2O2/c22-20-9-5-4-8-18(20)15-26-19-12-10-16(11-13-19)14-23-24-21(25)17-6-2-1-3-7-17/h1-14H,15H2,(H,24,25)/b23-14-.